The first-order chi connectivity index (χ1) is 8.69. The van der Waals surface area contributed by atoms with Crippen molar-refractivity contribution in [2.45, 2.75) is 24.7 Å². The quantitative estimate of drug-likeness (QED) is 0.849. The number of carbonyl (C=O) groups excluding carboxylic acids is 1. The van der Waals surface area contributed by atoms with E-state index in [1.807, 2.05) is 24.3 Å². The molecule has 0 radical (unpaired) electrons. The molecule has 2 rings (SSSR count). The summed E-state index contributed by atoms with van der Waals surface area (Å²) in [5, 5.41) is 2.96. The van der Waals surface area contributed by atoms with E-state index in [1.54, 1.807) is 7.11 Å². The van der Waals surface area contributed by atoms with Crippen molar-refractivity contribution < 1.29 is 9.53 Å². The van der Waals surface area contributed by atoms with Crippen LogP contribution >= 0.6 is 15.9 Å². The smallest absolute Gasteiger partial charge is 0.230 e. The lowest BCUT2D eigenvalue weighted by atomic mass is 9.64. The minimum absolute atomic E-state index is 0.133. The summed E-state index contributed by atoms with van der Waals surface area (Å²) in [5.74, 6) is 0.133. The monoisotopic (exact) mass is 311 g/mol. The third-order valence-corrected chi connectivity index (χ3v) is 4.16. The van der Waals surface area contributed by atoms with E-state index >= 15 is 0 Å². The molecule has 0 atom stereocenters. The molecule has 0 heterocycles. The van der Waals surface area contributed by atoms with Gasteiger partial charge in [-0.05, 0) is 30.5 Å². The Morgan fingerprint density at radius 3 is 2.56 bits per heavy atom. The Labute approximate surface area is 116 Å². The Bertz CT molecular complexity index is 412. The lowest BCUT2D eigenvalue weighted by Gasteiger charge is -2.40. The second kappa shape index (κ2) is 5.85. The Morgan fingerprint density at radius 2 is 2.06 bits per heavy atom. The highest BCUT2D eigenvalue weighted by atomic mass is 79.9. The van der Waals surface area contributed by atoms with Crippen LogP contribution < -0.4 is 5.32 Å². The van der Waals surface area contributed by atoms with Gasteiger partial charge in [0, 0.05) is 18.1 Å². The van der Waals surface area contributed by atoms with Crippen LogP contribution in [0.15, 0.2) is 28.7 Å². The summed E-state index contributed by atoms with van der Waals surface area (Å²) in [6.07, 6.45) is 2.99. The summed E-state index contributed by atoms with van der Waals surface area (Å²) in [5.41, 5.74) is 0.806. The van der Waals surface area contributed by atoms with Crippen molar-refractivity contribution in [1.29, 1.82) is 0 Å². The number of amides is 1. The molecule has 0 bridgehead atoms. The van der Waals surface area contributed by atoms with Gasteiger partial charge in [-0.1, -0.05) is 34.5 Å². The molecule has 18 heavy (non-hydrogen) atoms. The maximum Gasteiger partial charge on any atom is 0.230 e. The number of ether oxygens (including phenoxy) is 1. The maximum absolute atomic E-state index is 12.3. The molecule has 4 heteroatoms. The molecule has 0 aromatic heterocycles. The van der Waals surface area contributed by atoms with Crippen LogP contribution in [0.4, 0.5) is 0 Å². The third kappa shape index (κ3) is 2.59. The van der Waals surface area contributed by atoms with Crippen molar-refractivity contribution in [3.8, 4) is 0 Å². The van der Waals surface area contributed by atoms with Crippen molar-refractivity contribution in [2.24, 2.45) is 0 Å². The van der Waals surface area contributed by atoms with E-state index in [0.29, 0.717) is 13.2 Å². The van der Waals surface area contributed by atoms with Gasteiger partial charge in [-0.25, -0.2) is 0 Å². The van der Waals surface area contributed by atoms with Crippen LogP contribution in [0.3, 0.4) is 0 Å². The highest BCUT2D eigenvalue weighted by Crippen LogP contribution is 2.44. The predicted octanol–water partition coefficient (Wildman–Crippen LogP) is 2.63. The number of halogens is 1. The minimum Gasteiger partial charge on any atom is -0.383 e. The SMILES string of the molecule is COCCNC(=O)C1(c2ccc(Br)cc2)CCC1. The lowest BCUT2D eigenvalue weighted by Crippen LogP contribution is -2.49. The Balaban J connectivity index is 2.10. The highest BCUT2D eigenvalue weighted by Gasteiger charge is 2.45. The van der Waals surface area contributed by atoms with Gasteiger partial charge in [0.15, 0.2) is 0 Å². The first kappa shape index (κ1) is 13.6. The Hall–Kier alpha value is -0.870. The minimum atomic E-state index is -0.311. The largest absolute Gasteiger partial charge is 0.383 e. The van der Waals surface area contributed by atoms with Crippen LogP contribution in [0.25, 0.3) is 0 Å². The van der Waals surface area contributed by atoms with E-state index in [0.717, 1.165) is 29.3 Å². The Morgan fingerprint density at radius 1 is 1.39 bits per heavy atom. The standard InChI is InChI=1S/C14H18BrNO2/c1-18-10-9-16-13(17)14(7-2-8-14)11-3-5-12(15)6-4-11/h3-6H,2,7-10H2,1H3,(H,16,17). The summed E-state index contributed by atoms with van der Waals surface area (Å²) in [4.78, 5) is 12.3. The number of methoxy groups -OCH3 is 1. The van der Waals surface area contributed by atoms with Crippen LogP contribution in [0.1, 0.15) is 24.8 Å². The third-order valence-electron chi connectivity index (χ3n) is 3.63. The van der Waals surface area contributed by atoms with E-state index < -0.39 is 0 Å². The van der Waals surface area contributed by atoms with Gasteiger partial charge in [0.1, 0.15) is 0 Å². The average Bonchev–Trinajstić information content (AvgIpc) is 2.30. The average molecular weight is 312 g/mol. The van der Waals surface area contributed by atoms with Crippen LogP contribution in [0.5, 0.6) is 0 Å². The van der Waals surface area contributed by atoms with Crippen molar-refractivity contribution >= 4 is 21.8 Å². The van der Waals surface area contributed by atoms with Crippen molar-refractivity contribution in [1.82, 2.24) is 5.32 Å². The number of hydrogen-bond acceptors (Lipinski definition) is 2. The van der Waals surface area contributed by atoms with Gasteiger partial charge in [0.05, 0.1) is 12.0 Å². The van der Waals surface area contributed by atoms with Gasteiger partial charge < -0.3 is 10.1 Å². The van der Waals surface area contributed by atoms with E-state index in [-0.39, 0.29) is 11.3 Å². The van der Waals surface area contributed by atoms with Crippen molar-refractivity contribution in [2.75, 3.05) is 20.3 Å². The zero-order chi connectivity index (χ0) is 13.0. The summed E-state index contributed by atoms with van der Waals surface area (Å²) in [6.45, 7) is 1.13. The molecule has 1 fully saturated rings. The van der Waals surface area contributed by atoms with E-state index in [9.17, 15) is 4.79 Å². The second-order valence-corrected chi connectivity index (χ2v) is 5.61. The molecule has 0 unspecified atom stereocenters. The van der Waals surface area contributed by atoms with Gasteiger partial charge in [0.2, 0.25) is 5.91 Å². The van der Waals surface area contributed by atoms with Gasteiger partial charge >= 0.3 is 0 Å². The molecule has 98 valence electrons. The highest BCUT2D eigenvalue weighted by molar-refractivity contribution is 9.10. The maximum atomic E-state index is 12.3. The molecule has 0 saturated heterocycles. The fourth-order valence-electron chi connectivity index (χ4n) is 2.38. The number of benzene rings is 1. The van der Waals surface area contributed by atoms with Crippen molar-refractivity contribution in [3.05, 3.63) is 34.3 Å². The van der Waals surface area contributed by atoms with Crippen LogP contribution in [0.2, 0.25) is 0 Å². The lowest BCUT2D eigenvalue weighted by molar-refractivity contribution is -0.130. The zero-order valence-electron chi connectivity index (χ0n) is 10.5. The molecule has 1 aliphatic carbocycles. The molecule has 1 aliphatic rings. The van der Waals surface area contributed by atoms with Crippen LogP contribution in [-0.2, 0) is 14.9 Å². The molecule has 3 nitrogen and oxygen atoms in total. The number of hydrogen-bond donors (Lipinski definition) is 1. The van der Waals surface area contributed by atoms with Gasteiger partial charge in [-0.2, -0.15) is 0 Å². The van der Waals surface area contributed by atoms with Crippen molar-refractivity contribution in [3.63, 3.8) is 0 Å². The molecule has 1 aromatic carbocycles. The molecule has 0 aliphatic heterocycles. The molecular formula is C14H18BrNO2. The molecular weight excluding hydrogens is 294 g/mol. The van der Waals surface area contributed by atoms with Crippen LogP contribution in [-0.4, -0.2) is 26.2 Å². The Kier molecular flexibility index (Phi) is 4.40. The van der Waals surface area contributed by atoms with E-state index in [1.165, 1.54) is 0 Å². The van der Waals surface area contributed by atoms with Gasteiger partial charge in [-0.15, -0.1) is 0 Å². The molecule has 1 N–H and O–H groups in total. The fraction of sp³-hybridized carbons (Fsp3) is 0.500. The normalized spacial score (nSPS) is 17.0. The summed E-state index contributed by atoms with van der Waals surface area (Å²) < 4.78 is 6.00. The summed E-state index contributed by atoms with van der Waals surface area (Å²) in [6, 6.07) is 8.08. The number of rotatable bonds is 5. The summed E-state index contributed by atoms with van der Waals surface area (Å²) in [7, 11) is 1.64. The predicted molar refractivity (Wildman–Crippen MR) is 74.6 cm³/mol. The van der Waals surface area contributed by atoms with Gasteiger partial charge in [0.25, 0.3) is 0 Å². The molecule has 0 spiro atoms. The van der Waals surface area contributed by atoms with E-state index in [4.69, 9.17) is 4.74 Å². The first-order valence-electron chi connectivity index (χ1n) is 6.22. The first-order valence-corrected chi connectivity index (χ1v) is 7.02. The fourth-order valence-corrected chi connectivity index (χ4v) is 2.65. The van der Waals surface area contributed by atoms with Crippen LogP contribution in [0, 0.1) is 0 Å². The molecule has 1 saturated carbocycles. The van der Waals surface area contributed by atoms with Gasteiger partial charge in [-0.3, -0.25) is 4.79 Å². The molecule has 1 aromatic rings. The summed E-state index contributed by atoms with van der Waals surface area (Å²) >= 11 is 3.42. The second-order valence-electron chi connectivity index (χ2n) is 4.69. The topological polar surface area (TPSA) is 38.3 Å². The van der Waals surface area contributed by atoms with E-state index in [2.05, 4.69) is 21.2 Å². The molecule has 1 amide bonds. The number of carbonyl (C=O) groups is 1. The number of nitrogens with one attached hydrogen (secondary N) is 1. The zero-order valence-corrected chi connectivity index (χ0v) is 12.1.